The summed E-state index contributed by atoms with van der Waals surface area (Å²) in [5, 5.41) is 6.42. The van der Waals surface area contributed by atoms with Gasteiger partial charge in [0.05, 0.1) is 10.2 Å². The normalized spacial score (nSPS) is 11.0. The van der Waals surface area contributed by atoms with Gasteiger partial charge in [0.15, 0.2) is 0 Å². The molecule has 0 saturated heterocycles. The Hall–Kier alpha value is -2.73. The maximum atomic E-state index is 5.85. The lowest BCUT2D eigenvalue weighted by Crippen LogP contribution is -1.92. The summed E-state index contributed by atoms with van der Waals surface area (Å²) in [5.74, 6) is 1.13. The molecule has 0 spiro atoms. The van der Waals surface area contributed by atoms with E-state index in [1.807, 2.05) is 44.4 Å². The van der Waals surface area contributed by atoms with E-state index in [2.05, 4.69) is 20.4 Å². The summed E-state index contributed by atoms with van der Waals surface area (Å²) in [4.78, 5) is 8.74. The predicted octanol–water partition coefficient (Wildman–Crippen LogP) is 4.19. The van der Waals surface area contributed by atoms with Crippen molar-refractivity contribution in [1.82, 2.24) is 19.7 Å². The Labute approximate surface area is 137 Å². The Bertz CT molecular complexity index is 975. The number of ether oxygens (including phenoxy) is 1. The van der Waals surface area contributed by atoms with Crippen molar-refractivity contribution in [2.24, 2.45) is 7.05 Å². The summed E-state index contributed by atoms with van der Waals surface area (Å²) in [6.07, 6.45) is 5.49. The molecule has 0 atom stereocenters. The maximum Gasteiger partial charge on any atom is 0.242 e. The monoisotopic (exact) mass is 322 g/mol. The topological polar surface area (TPSA) is 52.8 Å². The molecule has 114 valence electrons. The lowest BCUT2D eigenvalue weighted by molar-refractivity contribution is 0.436. The molecule has 0 fully saturated rings. The van der Waals surface area contributed by atoms with Crippen molar-refractivity contribution in [3.8, 4) is 22.9 Å². The highest BCUT2D eigenvalue weighted by atomic mass is 32.1. The highest BCUT2D eigenvalue weighted by molar-refractivity contribution is 7.17. The molecule has 0 aliphatic rings. The molecular weight excluding hydrogens is 308 g/mol. The first-order valence-corrected chi connectivity index (χ1v) is 8.05. The summed E-state index contributed by atoms with van der Waals surface area (Å²) in [6, 6.07) is 7.88. The second kappa shape index (κ2) is 5.48. The first-order valence-electron chi connectivity index (χ1n) is 7.17. The van der Waals surface area contributed by atoms with Crippen LogP contribution < -0.4 is 4.74 Å². The molecule has 4 aromatic heterocycles. The average molecular weight is 322 g/mol. The molecule has 0 aliphatic heterocycles. The third-order valence-electron chi connectivity index (χ3n) is 3.55. The molecule has 0 aliphatic carbocycles. The number of nitrogens with zero attached hydrogens (tertiary/aromatic N) is 4. The van der Waals surface area contributed by atoms with Crippen LogP contribution in [0.25, 0.3) is 21.3 Å². The van der Waals surface area contributed by atoms with E-state index in [1.54, 1.807) is 28.4 Å². The zero-order chi connectivity index (χ0) is 15.8. The number of hydrogen-bond acceptors (Lipinski definition) is 5. The van der Waals surface area contributed by atoms with Gasteiger partial charge in [0.1, 0.15) is 0 Å². The Morgan fingerprint density at radius 2 is 1.96 bits per heavy atom. The second-order valence-electron chi connectivity index (χ2n) is 5.27. The fourth-order valence-electron chi connectivity index (χ4n) is 2.47. The first kappa shape index (κ1) is 13.9. The highest BCUT2D eigenvalue weighted by Crippen LogP contribution is 2.34. The van der Waals surface area contributed by atoms with E-state index in [4.69, 9.17) is 4.74 Å². The Morgan fingerprint density at radius 1 is 1.13 bits per heavy atom. The van der Waals surface area contributed by atoms with Crippen LogP contribution in [0.2, 0.25) is 0 Å². The van der Waals surface area contributed by atoms with Crippen LogP contribution in [0.3, 0.4) is 0 Å². The third kappa shape index (κ3) is 2.57. The number of aromatic nitrogens is 4. The fourth-order valence-corrected chi connectivity index (χ4v) is 3.38. The SMILES string of the molecule is Cc1cn(C)nc1Oc1ccc2scc(-c3ccncc3)c2n1. The van der Waals surface area contributed by atoms with Crippen LogP contribution in [0.15, 0.2) is 48.2 Å². The predicted molar refractivity (Wildman–Crippen MR) is 90.9 cm³/mol. The van der Waals surface area contributed by atoms with Gasteiger partial charge >= 0.3 is 0 Å². The van der Waals surface area contributed by atoms with Crippen LogP contribution in [0, 0.1) is 6.92 Å². The Balaban J connectivity index is 1.77. The maximum absolute atomic E-state index is 5.85. The van der Waals surface area contributed by atoms with Crippen LogP contribution in [0.4, 0.5) is 0 Å². The fraction of sp³-hybridized carbons (Fsp3) is 0.118. The number of rotatable bonds is 3. The summed E-state index contributed by atoms with van der Waals surface area (Å²) in [7, 11) is 1.87. The second-order valence-corrected chi connectivity index (χ2v) is 6.19. The molecular formula is C17H14N4OS. The van der Waals surface area contributed by atoms with E-state index < -0.39 is 0 Å². The third-order valence-corrected chi connectivity index (χ3v) is 4.49. The summed E-state index contributed by atoms with van der Waals surface area (Å²) < 4.78 is 8.71. The van der Waals surface area contributed by atoms with Crippen LogP contribution in [0.1, 0.15) is 5.56 Å². The Kier molecular flexibility index (Phi) is 3.31. The van der Waals surface area contributed by atoms with E-state index in [-0.39, 0.29) is 0 Å². The standard InChI is InChI=1S/C17H14N4OS/c1-11-9-21(2)20-17(11)22-15-4-3-14-16(19-15)13(10-23-14)12-5-7-18-8-6-12/h3-10H,1-2H3. The van der Waals surface area contributed by atoms with Gasteiger partial charge in [0, 0.05) is 48.2 Å². The minimum absolute atomic E-state index is 0.549. The minimum Gasteiger partial charge on any atom is -0.419 e. The van der Waals surface area contributed by atoms with E-state index in [9.17, 15) is 0 Å². The lowest BCUT2D eigenvalue weighted by atomic mass is 10.1. The van der Waals surface area contributed by atoms with Gasteiger partial charge in [-0.25, -0.2) is 4.98 Å². The largest absolute Gasteiger partial charge is 0.419 e. The van der Waals surface area contributed by atoms with Crippen molar-refractivity contribution in [3.05, 3.63) is 53.8 Å². The van der Waals surface area contributed by atoms with Crippen molar-refractivity contribution in [2.75, 3.05) is 0 Å². The average Bonchev–Trinajstić information content (AvgIpc) is 3.11. The van der Waals surface area contributed by atoms with Crippen LogP contribution in [-0.2, 0) is 7.05 Å². The van der Waals surface area contributed by atoms with Crippen molar-refractivity contribution < 1.29 is 4.74 Å². The zero-order valence-electron chi connectivity index (χ0n) is 12.7. The van der Waals surface area contributed by atoms with Crippen molar-refractivity contribution in [2.45, 2.75) is 6.92 Å². The van der Waals surface area contributed by atoms with Gasteiger partial charge in [-0.15, -0.1) is 16.4 Å². The highest BCUT2D eigenvalue weighted by Gasteiger charge is 2.11. The van der Waals surface area contributed by atoms with Crippen LogP contribution in [-0.4, -0.2) is 19.7 Å². The molecule has 6 heteroatoms. The van der Waals surface area contributed by atoms with Gasteiger partial charge in [0.25, 0.3) is 0 Å². The number of thiophene rings is 1. The number of hydrogen-bond donors (Lipinski definition) is 0. The molecule has 5 nitrogen and oxygen atoms in total. The van der Waals surface area contributed by atoms with Crippen molar-refractivity contribution >= 4 is 21.6 Å². The van der Waals surface area contributed by atoms with Crippen molar-refractivity contribution in [1.29, 1.82) is 0 Å². The van der Waals surface area contributed by atoms with Gasteiger partial charge < -0.3 is 4.74 Å². The van der Waals surface area contributed by atoms with Gasteiger partial charge in [0.2, 0.25) is 11.8 Å². The quantitative estimate of drug-likeness (QED) is 0.567. The van der Waals surface area contributed by atoms with E-state index in [1.165, 1.54) is 0 Å². The summed E-state index contributed by atoms with van der Waals surface area (Å²) in [5.41, 5.74) is 4.11. The lowest BCUT2D eigenvalue weighted by Gasteiger charge is -2.04. The molecule has 4 aromatic rings. The molecule has 0 saturated carbocycles. The van der Waals surface area contributed by atoms with Gasteiger partial charge in [-0.3, -0.25) is 9.67 Å². The Morgan fingerprint density at radius 3 is 2.70 bits per heavy atom. The van der Waals surface area contributed by atoms with E-state index in [0.717, 1.165) is 26.9 Å². The minimum atomic E-state index is 0.549. The zero-order valence-corrected chi connectivity index (χ0v) is 13.5. The molecule has 0 bridgehead atoms. The van der Waals surface area contributed by atoms with E-state index >= 15 is 0 Å². The smallest absolute Gasteiger partial charge is 0.242 e. The summed E-state index contributed by atoms with van der Waals surface area (Å²) in [6.45, 7) is 1.97. The molecule has 0 N–H and O–H groups in total. The molecule has 23 heavy (non-hydrogen) atoms. The molecule has 4 heterocycles. The van der Waals surface area contributed by atoms with Crippen LogP contribution >= 0.6 is 11.3 Å². The first-order chi connectivity index (χ1) is 11.2. The van der Waals surface area contributed by atoms with Crippen molar-refractivity contribution in [3.63, 3.8) is 0 Å². The molecule has 0 radical (unpaired) electrons. The van der Waals surface area contributed by atoms with E-state index in [0.29, 0.717) is 11.8 Å². The molecule has 0 amide bonds. The molecule has 0 unspecified atom stereocenters. The number of aryl methyl sites for hydroxylation is 2. The molecule has 4 rings (SSSR count). The summed E-state index contributed by atoms with van der Waals surface area (Å²) >= 11 is 1.67. The van der Waals surface area contributed by atoms with Gasteiger partial charge in [-0.1, -0.05) is 0 Å². The van der Waals surface area contributed by atoms with Crippen LogP contribution in [0.5, 0.6) is 11.8 Å². The van der Waals surface area contributed by atoms with Gasteiger partial charge in [-0.2, -0.15) is 0 Å². The number of pyridine rings is 2. The number of fused-ring (bicyclic) bond motifs is 1. The molecule has 0 aromatic carbocycles. The van der Waals surface area contributed by atoms with Gasteiger partial charge in [-0.05, 0) is 30.7 Å².